The van der Waals surface area contributed by atoms with Crippen molar-refractivity contribution in [1.82, 2.24) is 9.78 Å². The first-order valence-corrected chi connectivity index (χ1v) is 3.82. The molecule has 0 bridgehead atoms. The molecule has 0 unspecified atom stereocenters. The molecule has 1 heterocycles. The van der Waals surface area contributed by atoms with E-state index in [2.05, 4.69) is 5.10 Å². The summed E-state index contributed by atoms with van der Waals surface area (Å²) in [5.41, 5.74) is 1.33. The fourth-order valence-electron chi connectivity index (χ4n) is 1.23. The van der Waals surface area contributed by atoms with Crippen LogP contribution < -0.4 is 4.74 Å². The molecule has 0 radical (unpaired) electrons. The summed E-state index contributed by atoms with van der Waals surface area (Å²) in [6.45, 7) is 1.81. The molecule has 5 heteroatoms. The van der Waals surface area contributed by atoms with E-state index in [1.165, 1.54) is 7.11 Å². The van der Waals surface area contributed by atoms with Crippen molar-refractivity contribution in [3.05, 3.63) is 11.3 Å². The maximum absolute atomic E-state index is 7.52. The summed E-state index contributed by atoms with van der Waals surface area (Å²) in [5, 5.41) is 11.6. The molecular weight excluding hydrogens is 170 g/mol. The molecule has 0 aromatic carbocycles. The number of hydrogen-bond donors (Lipinski definition) is 1. The predicted octanol–water partition coefficient (Wildman–Crippen LogP) is 0.709. The summed E-state index contributed by atoms with van der Waals surface area (Å²) in [5.74, 6) is 0.617. The normalized spacial score (nSPS) is 9.85. The number of ether oxygens (including phenoxy) is 2. The first-order chi connectivity index (χ1) is 6.11. The number of aromatic nitrogens is 2. The molecule has 5 nitrogen and oxygen atoms in total. The van der Waals surface area contributed by atoms with Gasteiger partial charge in [0.05, 0.1) is 19.9 Å². The molecule has 1 aromatic rings. The van der Waals surface area contributed by atoms with Crippen LogP contribution in [0.4, 0.5) is 0 Å². The molecule has 0 spiro atoms. The van der Waals surface area contributed by atoms with Crippen molar-refractivity contribution in [3.63, 3.8) is 0 Å². The van der Waals surface area contributed by atoms with Gasteiger partial charge in [0.15, 0.2) is 0 Å². The standard InChI is InChI=1S/C8H13N3O2/c1-5-6(7(9)12-3)8(13-4)11(2)10-5/h9H,1-4H3. The fraction of sp³-hybridized carbons (Fsp3) is 0.500. The van der Waals surface area contributed by atoms with E-state index < -0.39 is 0 Å². The quantitative estimate of drug-likeness (QED) is 0.542. The minimum atomic E-state index is 0.0717. The second kappa shape index (κ2) is 3.47. The SMILES string of the molecule is COC(=N)c1c(C)nn(C)c1OC. The van der Waals surface area contributed by atoms with Gasteiger partial charge in [-0.1, -0.05) is 0 Å². The van der Waals surface area contributed by atoms with Gasteiger partial charge in [-0.3, -0.25) is 5.41 Å². The van der Waals surface area contributed by atoms with Gasteiger partial charge < -0.3 is 9.47 Å². The Kier molecular flexibility index (Phi) is 2.55. The highest BCUT2D eigenvalue weighted by molar-refractivity contribution is 5.95. The molecule has 13 heavy (non-hydrogen) atoms. The summed E-state index contributed by atoms with van der Waals surface area (Å²) in [4.78, 5) is 0. The van der Waals surface area contributed by atoms with Gasteiger partial charge in [0.2, 0.25) is 11.8 Å². The van der Waals surface area contributed by atoms with E-state index >= 15 is 0 Å². The zero-order valence-corrected chi connectivity index (χ0v) is 8.21. The largest absolute Gasteiger partial charge is 0.481 e. The number of aryl methyl sites for hydroxylation is 2. The minimum absolute atomic E-state index is 0.0717. The Labute approximate surface area is 76.8 Å². The molecule has 0 atom stereocenters. The van der Waals surface area contributed by atoms with E-state index in [9.17, 15) is 0 Å². The van der Waals surface area contributed by atoms with Crippen LogP contribution in [0, 0.1) is 12.3 Å². The summed E-state index contributed by atoms with van der Waals surface area (Å²) < 4.78 is 11.5. The average molecular weight is 183 g/mol. The van der Waals surface area contributed by atoms with Gasteiger partial charge in [0.25, 0.3) is 0 Å². The van der Waals surface area contributed by atoms with Crippen molar-refractivity contribution in [2.45, 2.75) is 6.92 Å². The number of methoxy groups -OCH3 is 2. The second-order valence-electron chi connectivity index (χ2n) is 2.63. The highest BCUT2D eigenvalue weighted by Gasteiger charge is 2.18. The van der Waals surface area contributed by atoms with Gasteiger partial charge in [0, 0.05) is 7.05 Å². The molecular formula is C8H13N3O2. The van der Waals surface area contributed by atoms with Gasteiger partial charge >= 0.3 is 0 Å². The van der Waals surface area contributed by atoms with E-state index in [-0.39, 0.29) is 5.90 Å². The van der Waals surface area contributed by atoms with Crippen LogP contribution >= 0.6 is 0 Å². The summed E-state index contributed by atoms with van der Waals surface area (Å²) in [6.07, 6.45) is 0. The number of nitrogens with zero attached hydrogens (tertiary/aromatic N) is 2. The van der Waals surface area contributed by atoms with Crippen LogP contribution in [0.1, 0.15) is 11.3 Å². The lowest BCUT2D eigenvalue weighted by molar-refractivity contribution is 0.364. The van der Waals surface area contributed by atoms with Crippen LogP contribution in [0.25, 0.3) is 0 Å². The Morgan fingerprint density at radius 2 is 2.08 bits per heavy atom. The van der Waals surface area contributed by atoms with Gasteiger partial charge in [-0.25, -0.2) is 4.68 Å². The van der Waals surface area contributed by atoms with Gasteiger partial charge in [-0.2, -0.15) is 5.10 Å². The molecule has 1 aromatic heterocycles. The summed E-state index contributed by atoms with van der Waals surface area (Å²) in [7, 11) is 4.76. The molecule has 1 N–H and O–H groups in total. The highest BCUT2D eigenvalue weighted by Crippen LogP contribution is 2.21. The molecule has 0 fully saturated rings. The van der Waals surface area contributed by atoms with Gasteiger partial charge in [-0.15, -0.1) is 0 Å². The van der Waals surface area contributed by atoms with E-state index in [1.54, 1.807) is 18.8 Å². The monoisotopic (exact) mass is 183 g/mol. The van der Waals surface area contributed by atoms with Crippen LogP contribution in [0.2, 0.25) is 0 Å². The van der Waals surface area contributed by atoms with Crippen molar-refractivity contribution in [1.29, 1.82) is 5.41 Å². The Hall–Kier alpha value is -1.52. The number of hydrogen-bond acceptors (Lipinski definition) is 4. The molecule has 72 valence electrons. The van der Waals surface area contributed by atoms with Crippen molar-refractivity contribution >= 4 is 5.90 Å². The molecule has 0 amide bonds. The summed E-state index contributed by atoms with van der Waals surface area (Å²) in [6, 6.07) is 0. The Morgan fingerprint density at radius 1 is 1.46 bits per heavy atom. The van der Waals surface area contributed by atoms with E-state index in [0.717, 1.165) is 5.69 Å². The van der Waals surface area contributed by atoms with Crippen molar-refractivity contribution in [3.8, 4) is 5.88 Å². The first kappa shape index (κ1) is 9.57. The lowest BCUT2D eigenvalue weighted by Gasteiger charge is -2.04. The average Bonchev–Trinajstić information content (AvgIpc) is 2.39. The van der Waals surface area contributed by atoms with Crippen LogP contribution in [-0.2, 0) is 11.8 Å². The Bertz CT molecular complexity index is 330. The van der Waals surface area contributed by atoms with Crippen LogP contribution in [0.3, 0.4) is 0 Å². The molecule has 0 aliphatic heterocycles. The number of rotatable bonds is 2. The Morgan fingerprint density at radius 3 is 2.54 bits per heavy atom. The zero-order chi connectivity index (χ0) is 10.0. The van der Waals surface area contributed by atoms with E-state index in [4.69, 9.17) is 14.9 Å². The molecule has 0 aliphatic rings. The molecule has 1 rings (SSSR count). The highest BCUT2D eigenvalue weighted by atomic mass is 16.5. The predicted molar refractivity (Wildman–Crippen MR) is 48.3 cm³/mol. The van der Waals surface area contributed by atoms with Crippen molar-refractivity contribution in [2.75, 3.05) is 14.2 Å². The van der Waals surface area contributed by atoms with E-state index in [1.807, 2.05) is 6.92 Å². The zero-order valence-electron chi connectivity index (χ0n) is 8.21. The third-order valence-electron chi connectivity index (χ3n) is 1.79. The third kappa shape index (κ3) is 1.49. The third-order valence-corrected chi connectivity index (χ3v) is 1.79. The van der Waals surface area contributed by atoms with Crippen molar-refractivity contribution < 1.29 is 9.47 Å². The maximum atomic E-state index is 7.52. The summed E-state index contributed by atoms with van der Waals surface area (Å²) >= 11 is 0. The lowest BCUT2D eigenvalue weighted by atomic mass is 10.2. The lowest BCUT2D eigenvalue weighted by Crippen LogP contribution is -2.05. The number of nitrogens with one attached hydrogen (secondary N) is 1. The van der Waals surface area contributed by atoms with Crippen molar-refractivity contribution in [2.24, 2.45) is 7.05 Å². The fourth-order valence-corrected chi connectivity index (χ4v) is 1.23. The minimum Gasteiger partial charge on any atom is -0.481 e. The van der Waals surface area contributed by atoms with Gasteiger partial charge in [0.1, 0.15) is 5.56 Å². The van der Waals surface area contributed by atoms with Crippen LogP contribution in [-0.4, -0.2) is 29.9 Å². The second-order valence-corrected chi connectivity index (χ2v) is 2.63. The topological polar surface area (TPSA) is 60.1 Å². The van der Waals surface area contributed by atoms with E-state index in [0.29, 0.717) is 11.4 Å². The maximum Gasteiger partial charge on any atom is 0.224 e. The smallest absolute Gasteiger partial charge is 0.224 e. The molecule has 0 aliphatic carbocycles. The Balaban J connectivity index is 3.24. The van der Waals surface area contributed by atoms with Crippen LogP contribution in [0.5, 0.6) is 5.88 Å². The molecule has 0 saturated carbocycles. The first-order valence-electron chi connectivity index (χ1n) is 3.82. The van der Waals surface area contributed by atoms with Crippen LogP contribution in [0.15, 0.2) is 0 Å². The van der Waals surface area contributed by atoms with Gasteiger partial charge in [-0.05, 0) is 6.92 Å². The molecule has 0 saturated heterocycles.